The Morgan fingerprint density at radius 3 is 1.65 bits per heavy atom. The van der Waals surface area contributed by atoms with Crippen molar-refractivity contribution in [2.24, 2.45) is 0 Å². The van der Waals surface area contributed by atoms with Crippen LogP contribution in [0.3, 0.4) is 0 Å². The molecule has 0 aromatic rings. The fourth-order valence-corrected chi connectivity index (χ4v) is 1.99. The van der Waals surface area contributed by atoms with Crippen LogP contribution in [0.25, 0.3) is 0 Å². The Hall–Kier alpha value is -0.0301. The number of hydrogen-bond acceptors (Lipinski definition) is 4. The fourth-order valence-electron chi connectivity index (χ4n) is 1.99. The molecule has 1 aliphatic rings. The Kier molecular flexibility index (Phi) is 4.78. The highest BCUT2D eigenvalue weighted by molar-refractivity contribution is 7.13. The van der Waals surface area contributed by atoms with Crippen LogP contribution in [0.4, 0.5) is 0 Å². The van der Waals surface area contributed by atoms with Crippen LogP contribution >= 0.6 is 0 Å². The van der Waals surface area contributed by atoms with Crippen molar-refractivity contribution in [2.75, 3.05) is 7.11 Å². The van der Waals surface area contributed by atoms with Crippen molar-refractivity contribution in [3.63, 3.8) is 0 Å². The van der Waals surface area contributed by atoms with Gasteiger partial charge in [0, 0.05) is 7.11 Å². The van der Waals surface area contributed by atoms with Gasteiger partial charge in [-0.25, -0.2) is 0 Å². The lowest BCUT2D eigenvalue weighted by molar-refractivity contribution is -0.116. The van der Waals surface area contributed by atoms with E-state index in [1.165, 1.54) is 0 Å². The third-order valence-corrected chi connectivity index (χ3v) is 5.10. The SMILES string of the molecule is COC(C)(C)C(C)(C)OB(C)B1OC(C)(C)C(C)(C)O1. The molecule has 0 atom stereocenters. The number of hydrogen-bond donors (Lipinski definition) is 0. The van der Waals surface area contributed by atoms with E-state index in [9.17, 15) is 0 Å². The molecule has 1 fully saturated rings. The summed E-state index contributed by atoms with van der Waals surface area (Å²) >= 11 is 0. The first-order valence-electron chi connectivity index (χ1n) is 7.34. The highest BCUT2D eigenvalue weighted by Crippen LogP contribution is 2.38. The quantitative estimate of drug-likeness (QED) is 0.727. The van der Waals surface area contributed by atoms with E-state index in [-0.39, 0.29) is 25.0 Å². The van der Waals surface area contributed by atoms with E-state index in [1.807, 2.05) is 62.2 Å². The van der Waals surface area contributed by atoms with E-state index < -0.39 is 11.2 Å². The largest absolute Gasteiger partial charge is 0.446 e. The van der Waals surface area contributed by atoms with Gasteiger partial charge in [0.15, 0.2) is 0 Å². The molecule has 1 aliphatic heterocycles. The molecule has 0 N–H and O–H groups in total. The van der Waals surface area contributed by atoms with Crippen LogP contribution in [0, 0.1) is 0 Å². The van der Waals surface area contributed by atoms with Crippen molar-refractivity contribution in [1.29, 1.82) is 0 Å². The van der Waals surface area contributed by atoms with Crippen molar-refractivity contribution in [3.05, 3.63) is 0 Å². The fraction of sp³-hybridized carbons (Fsp3) is 1.00. The van der Waals surface area contributed by atoms with Gasteiger partial charge in [0.05, 0.1) is 22.4 Å². The first kappa shape index (κ1) is 18.0. The van der Waals surface area contributed by atoms with Gasteiger partial charge in [-0.2, -0.15) is 0 Å². The molecule has 116 valence electrons. The maximum atomic E-state index is 6.19. The molecule has 0 saturated carbocycles. The van der Waals surface area contributed by atoms with Gasteiger partial charge in [-0.15, -0.1) is 0 Å². The zero-order valence-corrected chi connectivity index (χ0v) is 14.8. The van der Waals surface area contributed by atoms with Gasteiger partial charge in [-0.1, -0.05) is 6.82 Å². The molecule has 0 aromatic carbocycles. The van der Waals surface area contributed by atoms with Crippen molar-refractivity contribution < 1.29 is 18.7 Å². The second-order valence-corrected chi connectivity index (χ2v) is 7.67. The normalized spacial score (nSPS) is 22.2. The molecule has 0 radical (unpaired) electrons. The first-order valence-corrected chi connectivity index (χ1v) is 7.34. The summed E-state index contributed by atoms with van der Waals surface area (Å²) in [6, 6.07) is 0. The molecule has 6 heteroatoms. The predicted octanol–water partition coefficient (Wildman–Crippen LogP) is 3.00. The molecule has 0 bridgehead atoms. The van der Waals surface area contributed by atoms with Crippen molar-refractivity contribution in [1.82, 2.24) is 0 Å². The second kappa shape index (κ2) is 5.31. The van der Waals surface area contributed by atoms with Gasteiger partial charge in [0.25, 0.3) is 0 Å². The number of rotatable bonds is 5. The topological polar surface area (TPSA) is 36.9 Å². The summed E-state index contributed by atoms with van der Waals surface area (Å²) in [7, 11) is 1.33. The zero-order valence-electron chi connectivity index (χ0n) is 14.8. The minimum absolute atomic E-state index is 0.180. The lowest BCUT2D eigenvalue weighted by atomic mass is 9.37. The van der Waals surface area contributed by atoms with E-state index in [1.54, 1.807) is 7.11 Å². The third-order valence-electron chi connectivity index (χ3n) is 5.10. The van der Waals surface area contributed by atoms with E-state index >= 15 is 0 Å². The smallest absolute Gasteiger partial charge is 0.429 e. The van der Waals surface area contributed by atoms with Crippen LogP contribution < -0.4 is 0 Å². The summed E-state index contributed by atoms with van der Waals surface area (Å²) in [5, 5.41) is 0. The first-order chi connectivity index (χ1) is 8.76. The van der Waals surface area contributed by atoms with E-state index in [0.29, 0.717) is 0 Å². The summed E-state index contributed by atoms with van der Waals surface area (Å²) in [5.41, 5.74) is -1.53. The molecule has 0 spiro atoms. The molecule has 1 rings (SSSR count). The Morgan fingerprint density at radius 2 is 1.30 bits per heavy atom. The molecule has 1 heterocycles. The van der Waals surface area contributed by atoms with Gasteiger partial charge >= 0.3 is 13.8 Å². The van der Waals surface area contributed by atoms with Crippen molar-refractivity contribution >= 4 is 13.8 Å². The van der Waals surface area contributed by atoms with Gasteiger partial charge in [0.1, 0.15) is 0 Å². The molecule has 0 aromatic heterocycles. The standard InChI is InChI=1S/C14H30B2O4/c1-11(2,17-10)12(3,4)18-15(9)16-19-13(5,6)14(7,8)20-16/h1-10H3. The van der Waals surface area contributed by atoms with E-state index in [4.69, 9.17) is 18.7 Å². The summed E-state index contributed by atoms with van der Waals surface area (Å²) in [4.78, 5) is 0. The minimum Gasteiger partial charge on any atom is -0.429 e. The summed E-state index contributed by atoms with van der Waals surface area (Å²) < 4.78 is 23.8. The molecule has 1 saturated heterocycles. The highest BCUT2D eigenvalue weighted by atomic mass is 16.7. The molecule has 0 amide bonds. The Balaban J connectivity index is 2.77. The van der Waals surface area contributed by atoms with E-state index in [2.05, 4.69) is 0 Å². The third kappa shape index (κ3) is 3.24. The molecule has 4 nitrogen and oxygen atoms in total. The second-order valence-electron chi connectivity index (χ2n) is 7.67. The lowest BCUT2D eigenvalue weighted by Gasteiger charge is -2.42. The summed E-state index contributed by atoms with van der Waals surface area (Å²) in [5.74, 6) is 0. The number of methoxy groups -OCH3 is 1. The highest BCUT2D eigenvalue weighted by Gasteiger charge is 2.55. The van der Waals surface area contributed by atoms with Gasteiger partial charge in [0.2, 0.25) is 0 Å². The predicted molar refractivity (Wildman–Crippen MR) is 84.0 cm³/mol. The maximum Gasteiger partial charge on any atom is 0.446 e. The van der Waals surface area contributed by atoms with Gasteiger partial charge in [-0.3, -0.25) is 0 Å². The Bertz CT molecular complexity index is 337. The van der Waals surface area contributed by atoms with Crippen LogP contribution in [-0.2, 0) is 18.7 Å². The summed E-state index contributed by atoms with van der Waals surface area (Å²) in [6.45, 7) is 18.1. The van der Waals surface area contributed by atoms with Gasteiger partial charge in [-0.05, 0) is 55.4 Å². The molecule has 0 unspecified atom stereocenters. The van der Waals surface area contributed by atoms with Crippen molar-refractivity contribution in [2.45, 2.75) is 84.6 Å². The lowest BCUT2D eigenvalue weighted by Crippen LogP contribution is -2.54. The van der Waals surface area contributed by atoms with Crippen molar-refractivity contribution in [3.8, 4) is 0 Å². The van der Waals surface area contributed by atoms with Crippen LogP contribution in [-0.4, -0.2) is 43.3 Å². The molecule has 0 aliphatic carbocycles. The Labute approximate surface area is 125 Å². The maximum absolute atomic E-state index is 6.19. The van der Waals surface area contributed by atoms with E-state index in [0.717, 1.165) is 0 Å². The van der Waals surface area contributed by atoms with Gasteiger partial charge < -0.3 is 18.7 Å². The molecular weight excluding hydrogens is 254 g/mol. The number of ether oxygens (including phenoxy) is 1. The molecule has 20 heavy (non-hydrogen) atoms. The molecular formula is C14H30B2O4. The van der Waals surface area contributed by atoms with Crippen LogP contribution in [0.15, 0.2) is 0 Å². The average molecular weight is 284 g/mol. The minimum atomic E-state index is -0.454. The van der Waals surface area contributed by atoms with Crippen LogP contribution in [0.5, 0.6) is 0 Å². The monoisotopic (exact) mass is 284 g/mol. The zero-order chi connectivity index (χ0) is 16.0. The Morgan fingerprint density at radius 1 is 0.900 bits per heavy atom. The average Bonchev–Trinajstić information content (AvgIpc) is 2.47. The van der Waals surface area contributed by atoms with Crippen LogP contribution in [0.1, 0.15) is 55.4 Å². The van der Waals surface area contributed by atoms with Crippen LogP contribution in [0.2, 0.25) is 6.82 Å². The summed E-state index contributed by atoms with van der Waals surface area (Å²) in [6.07, 6.45) is 0.